The Kier molecular flexibility index (Phi) is 3.69. The number of halogens is 1. The molecule has 0 radical (unpaired) electrons. The molecule has 0 saturated carbocycles. The summed E-state index contributed by atoms with van der Waals surface area (Å²) in [6.07, 6.45) is 0. The highest BCUT2D eigenvalue weighted by Gasteiger charge is 2.25. The molecule has 1 heterocycles. The Bertz CT molecular complexity index is 394. The maximum Gasteiger partial charge on any atom is 0.253 e. The van der Waals surface area contributed by atoms with Crippen LogP contribution >= 0.6 is 11.6 Å². The Balaban J connectivity index is 2.11. The van der Waals surface area contributed by atoms with E-state index >= 15 is 0 Å². The number of nitrogens with one attached hydrogen (secondary N) is 1. The van der Waals surface area contributed by atoms with Gasteiger partial charge in [0.05, 0.1) is 0 Å². The Hall–Kier alpha value is -1.06. The second-order valence-electron chi connectivity index (χ2n) is 4.69. The molecule has 1 aromatic carbocycles. The van der Waals surface area contributed by atoms with Crippen molar-refractivity contribution in [3.8, 4) is 0 Å². The zero-order valence-electron chi connectivity index (χ0n) is 10.1. The van der Waals surface area contributed by atoms with Gasteiger partial charge in [0.15, 0.2) is 0 Å². The second-order valence-corrected chi connectivity index (χ2v) is 5.12. The molecule has 0 aromatic heterocycles. The van der Waals surface area contributed by atoms with E-state index in [1.165, 1.54) is 0 Å². The summed E-state index contributed by atoms with van der Waals surface area (Å²) >= 11 is 5.81. The number of amides is 1. The van der Waals surface area contributed by atoms with Crippen LogP contribution in [0.15, 0.2) is 24.3 Å². The normalized spacial score (nSPS) is 24.8. The first kappa shape index (κ1) is 12.4. The minimum absolute atomic E-state index is 0.0851. The van der Waals surface area contributed by atoms with Gasteiger partial charge in [0, 0.05) is 35.8 Å². The van der Waals surface area contributed by atoms with Gasteiger partial charge in [-0.15, -0.1) is 0 Å². The van der Waals surface area contributed by atoms with Crippen LogP contribution in [0, 0.1) is 0 Å². The lowest BCUT2D eigenvalue weighted by molar-refractivity contribution is 0.0674. The molecular formula is C13H17ClN2O. The molecule has 1 aliphatic rings. The lowest BCUT2D eigenvalue weighted by atomic mass is 10.1. The molecule has 0 aliphatic carbocycles. The highest BCUT2D eigenvalue weighted by molar-refractivity contribution is 6.30. The van der Waals surface area contributed by atoms with Gasteiger partial charge in [-0.1, -0.05) is 11.6 Å². The summed E-state index contributed by atoms with van der Waals surface area (Å²) in [4.78, 5) is 14.2. The molecule has 2 atom stereocenters. The Labute approximate surface area is 107 Å². The molecule has 0 spiro atoms. The van der Waals surface area contributed by atoms with E-state index in [2.05, 4.69) is 19.2 Å². The molecule has 1 aromatic rings. The molecule has 2 rings (SSSR count). The van der Waals surface area contributed by atoms with Gasteiger partial charge >= 0.3 is 0 Å². The van der Waals surface area contributed by atoms with Gasteiger partial charge in [0.1, 0.15) is 0 Å². The molecule has 1 N–H and O–H groups in total. The molecular weight excluding hydrogens is 236 g/mol. The van der Waals surface area contributed by atoms with Crippen molar-refractivity contribution in [1.29, 1.82) is 0 Å². The third kappa shape index (κ3) is 2.99. The monoisotopic (exact) mass is 252 g/mol. The molecule has 1 saturated heterocycles. The molecule has 2 unspecified atom stereocenters. The van der Waals surface area contributed by atoms with Crippen molar-refractivity contribution < 1.29 is 4.79 Å². The lowest BCUT2D eigenvalue weighted by Gasteiger charge is -2.36. The van der Waals surface area contributed by atoms with Crippen molar-refractivity contribution in [3.05, 3.63) is 34.9 Å². The van der Waals surface area contributed by atoms with Crippen LogP contribution in [-0.2, 0) is 0 Å². The average molecular weight is 253 g/mol. The maximum atomic E-state index is 12.3. The number of nitrogens with zero attached hydrogens (tertiary/aromatic N) is 1. The van der Waals surface area contributed by atoms with E-state index in [-0.39, 0.29) is 5.91 Å². The topological polar surface area (TPSA) is 32.3 Å². The first-order valence-electron chi connectivity index (χ1n) is 5.87. The molecule has 4 heteroatoms. The first-order chi connectivity index (χ1) is 8.06. The molecule has 0 bridgehead atoms. The van der Waals surface area contributed by atoms with Crippen molar-refractivity contribution in [1.82, 2.24) is 10.2 Å². The van der Waals surface area contributed by atoms with Gasteiger partial charge in [-0.3, -0.25) is 4.79 Å². The fourth-order valence-electron chi connectivity index (χ4n) is 2.27. The Morgan fingerprint density at radius 3 is 2.29 bits per heavy atom. The van der Waals surface area contributed by atoms with Crippen molar-refractivity contribution in [2.75, 3.05) is 13.1 Å². The van der Waals surface area contributed by atoms with E-state index < -0.39 is 0 Å². The van der Waals surface area contributed by atoms with Crippen LogP contribution in [0.1, 0.15) is 24.2 Å². The minimum atomic E-state index is 0.0851. The van der Waals surface area contributed by atoms with Crippen LogP contribution < -0.4 is 5.32 Å². The quantitative estimate of drug-likeness (QED) is 0.831. The van der Waals surface area contributed by atoms with E-state index in [0.29, 0.717) is 22.7 Å². The zero-order chi connectivity index (χ0) is 12.4. The van der Waals surface area contributed by atoms with Crippen LogP contribution in [0.4, 0.5) is 0 Å². The lowest BCUT2D eigenvalue weighted by Crippen LogP contribution is -2.55. The van der Waals surface area contributed by atoms with Gasteiger partial charge in [-0.05, 0) is 38.1 Å². The predicted molar refractivity (Wildman–Crippen MR) is 69.4 cm³/mol. The average Bonchev–Trinajstić information content (AvgIpc) is 2.28. The Morgan fingerprint density at radius 1 is 1.24 bits per heavy atom. The van der Waals surface area contributed by atoms with Crippen LogP contribution in [0.25, 0.3) is 0 Å². The number of hydrogen-bond acceptors (Lipinski definition) is 2. The fraction of sp³-hybridized carbons (Fsp3) is 0.462. The summed E-state index contributed by atoms with van der Waals surface area (Å²) < 4.78 is 0. The number of piperazine rings is 1. The van der Waals surface area contributed by atoms with Crippen LogP contribution in [0.3, 0.4) is 0 Å². The largest absolute Gasteiger partial charge is 0.336 e. The summed E-state index contributed by atoms with van der Waals surface area (Å²) in [6, 6.07) is 7.75. The number of hydrogen-bond donors (Lipinski definition) is 1. The fourth-order valence-corrected chi connectivity index (χ4v) is 2.39. The highest BCUT2D eigenvalue weighted by atomic mass is 35.5. The van der Waals surface area contributed by atoms with Gasteiger partial charge < -0.3 is 10.2 Å². The predicted octanol–water partition coefficient (Wildman–Crippen LogP) is 2.16. The van der Waals surface area contributed by atoms with Crippen molar-refractivity contribution in [2.24, 2.45) is 0 Å². The van der Waals surface area contributed by atoms with E-state index in [9.17, 15) is 4.79 Å². The van der Waals surface area contributed by atoms with Gasteiger partial charge in [0.2, 0.25) is 0 Å². The molecule has 1 fully saturated rings. The third-order valence-electron chi connectivity index (χ3n) is 2.94. The minimum Gasteiger partial charge on any atom is -0.336 e. The smallest absolute Gasteiger partial charge is 0.253 e. The molecule has 3 nitrogen and oxygen atoms in total. The Morgan fingerprint density at radius 2 is 1.76 bits per heavy atom. The highest BCUT2D eigenvalue weighted by Crippen LogP contribution is 2.13. The van der Waals surface area contributed by atoms with Gasteiger partial charge in [-0.2, -0.15) is 0 Å². The summed E-state index contributed by atoms with van der Waals surface area (Å²) in [5.41, 5.74) is 0.704. The summed E-state index contributed by atoms with van der Waals surface area (Å²) in [6.45, 7) is 5.70. The second kappa shape index (κ2) is 5.07. The maximum absolute atomic E-state index is 12.3. The number of benzene rings is 1. The number of carbonyl (C=O) groups is 1. The SMILES string of the molecule is CC1CN(C(=O)c2ccc(Cl)cc2)CC(C)N1. The number of carbonyl (C=O) groups excluding carboxylic acids is 1. The molecule has 17 heavy (non-hydrogen) atoms. The first-order valence-corrected chi connectivity index (χ1v) is 6.25. The third-order valence-corrected chi connectivity index (χ3v) is 3.19. The van der Waals surface area contributed by atoms with E-state index in [1.54, 1.807) is 24.3 Å². The summed E-state index contributed by atoms with van der Waals surface area (Å²) in [7, 11) is 0. The van der Waals surface area contributed by atoms with Crippen molar-refractivity contribution in [2.45, 2.75) is 25.9 Å². The van der Waals surface area contributed by atoms with Crippen LogP contribution in [0.2, 0.25) is 5.02 Å². The molecule has 1 aliphatic heterocycles. The van der Waals surface area contributed by atoms with E-state index in [0.717, 1.165) is 13.1 Å². The summed E-state index contributed by atoms with van der Waals surface area (Å²) in [5.74, 6) is 0.0851. The van der Waals surface area contributed by atoms with Crippen LogP contribution in [0.5, 0.6) is 0 Å². The molecule has 92 valence electrons. The van der Waals surface area contributed by atoms with Crippen molar-refractivity contribution in [3.63, 3.8) is 0 Å². The van der Waals surface area contributed by atoms with E-state index in [1.807, 2.05) is 4.90 Å². The van der Waals surface area contributed by atoms with Gasteiger partial charge in [-0.25, -0.2) is 0 Å². The van der Waals surface area contributed by atoms with Crippen LogP contribution in [-0.4, -0.2) is 36.0 Å². The molecule has 1 amide bonds. The zero-order valence-corrected chi connectivity index (χ0v) is 10.9. The van der Waals surface area contributed by atoms with Gasteiger partial charge in [0.25, 0.3) is 5.91 Å². The van der Waals surface area contributed by atoms with E-state index in [4.69, 9.17) is 11.6 Å². The number of rotatable bonds is 1. The summed E-state index contributed by atoms with van der Waals surface area (Å²) in [5, 5.41) is 4.07. The standard InChI is InChI=1S/C13H17ClN2O/c1-9-7-16(8-10(2)15-9)13(17)11-3-5-12(14)6-4-11/h3-6,9-10,15H,7-8H2,1-2H3. The van der Waals surface area contributed by atoms with Crippen molar-refractivity contribution >= 4 is 17.5 Å².